The van der Waals surface area contributed by atoms with Gasteiger partial charge in [0.1, 0.15) is 0 Å². The summed E-state index contributed by atoms with van der Waals surface area (Å²) in [5.74, 6) is 1.34. The fraction of sp³-hybridized carbons (Fsp3) is 0.167. The third-order valence-corrected chi connectivity index (χ3v) is 5.38. The highest BCUT2D eigenvalue weighted by molar-refractivity contribution is 7.18. The molecule has 0 aliphatic heterocycles. The van der Waals surface area contributed by atoms with Crippen LogP contribution in [0.1, 0.15) is 15.2 Å². The Balaban J connectivity index is 1.98. The van der Waals surface area contributed by atoms with Crippen LogP contribution in [0.3, 0.4) is 0 Å². The lowest BCUT2D eigenvalue weighted by Crippen LogP contribution is -2.02. The molecule has 24 heavy (non-hydrogen) atoms. The van der Waals surface area contributed by atoms with Gasteiger partial charge < -0.3 is 14.2 Å². The molecule has 6 heteroatoms. The van der Waals surface area contributed by atoms with Crippen LogP contribution in [0.5, 0.6) is 17.2 Å². The average molecular weight is 360 g/mol. The van der Waals surface area contributed by atoms with Gasteiger partial charge in [-0.2, -0.15) is 11.3 Å². The van der Waals surface area contributed by atoms with Gasteiger partial charge >= 0.3 is 0 Å². The molecule has 0 aliphatic carbocycles. The van der Waals surface area contributed by atoms with Crippen LogP contribution >= 0.6 is 22.7 Å². The number of benzene rings is 1. The Bertz CT molecular complexity index is 825. The second-order valence-electron chi connectivity index (χ2n) is 4.92. The lowest BCUT2D eigenvalue weighted by molar-refractivity contribution is 0.104. The molecule has 124 valence electrons. The highest BCUT2D eigenvalue weighted by Crippen LogP contribution is 2.39. The Hall–Kier alpha value is -2.31. The van der Waals surface area contributed by atoms with Gasteiger partial charge in [0.15, 0.2) is 11.5 Å². The van der Waals surface area contributed by atoms with E-state index in [4.69, 9.17) is 14.2 Å². The Morgan fingerprint density at radius 3 is 2.21 bits per heavy atom. The minimum absolute atomic E-state index is 0.0688. The predicted octanol–water partition coefficient (Wildman–Crippen LogP) is 4.73. The molecule has 0 spiro atoms. The number of ketones is 1. The highest BCUT2D eigenvalue weighted by Gasteiger charge is 2.19. The number of ether oxygens (including phenoxy) is 3. The molecule has 0 unspecified atom stereocenters. The zero-order chi connectivity index (χ0) is 17.1. The normalized spacial score (nSPS) is 10.5. The number of thiophene rings is 2. The third-order valence-electron chi connectivity index (χ3n) is 3.56. The number of carbonyl (C=O) groups is 1. The van der Waals surface area contributed by atoms with E-state index >= 15 is 0 Å². The summed E-state index contributed by atoms with van der Waals surface area (Å²) in [5, 5.41) is 4.09. The maximum absolute atomic E-state index is 12.8. The summed E-state index contributed by atoms with van der Waals surface area (Å²) in [7, 11) is 4.60. The molecule has 0 fully saturated rings. The van der Waals surface area contributed by atoms with Gasteiger partial charge in [-0.25, -0.2) is 0 Å². The van der Waals surface area contributed by atoms with Crippen molar-refractivity contribution in [3.63, 3.8) is 0 Å². The molecule has 0 amide bonds. The van der Waals surface area contributed by atoms with Crippen LogP contribution in [0.4, 0.5) is 0 Å². The molecule has 1 aromatic carbocycles. The van der Waals surface area contributed by atoms with Crippen LogP contribution in [0.25, 0.3) is 10.4 Å². The number of carbonyl (C=O) groups excluding carboxylic acids is 1. The van der Waals surface area contributed by atoms with Crippen LogP contribution in [0.15, 0.2) is 41.1 Å². The van der Waals surface area contributed by atoms with Crippen molar-refractivity contribution in [2.75, 3.05) is 21.3 Å². The van der Waals surface area contributed by atoms with Crippen molar-refractivity contribution in [2.24, 2.45) is 0 Å². The molecule has 0 bridgehead atoms. The standard InChI is InChI=1S/C18H16O4S2/c1-20-13-8-12(9-14(21-2)18(13)22-3)17(19)16-5-4-15(24-16)11-6-7-23-10-11/h4-10H,1-3H3. The van der Waals surface area contributed by atoms with E-state index in [2.05, 4.69) is 5.38 Å². The third kappa shape index (κ3) is 3.02. The Labute approximate surface area is 148 Å². The molecule has 0 saturated heterocycles. The SMILES string of the molecule is COc1cc(C(=O)c2ccc(-c3ccsc3)s2)cc(OC)c1OC. The van der Waals surface area contributed by atoms with Gasteiger partial charge in [0.2, 0.25) is 11.5 Å². The van der Waals surface area contributed by atoms with Crippen LogP contribution in [0.2, 0.25) is 0 Å². The molecule has 3 rings (SSSR count). The minimum Gasteiger partial charge on any atom is -0.493 e. The van der Waals surface area contributed by atoms with Crippen molar-refractivity contribution < 1.29 is 19.0 Å². The fourth-order valence-electron chi connectivity index (χ4n) is 2.37. The van der Waals surface area contributed by atoms with Gasteiger partial charge in [0.25, 0.3) is 0 Å². The van der Waals surface area contributed by atoms with Crippen LogP contribution in [-0.4, -0.2) is 27.1 Å². The highest BCUT2D eigenvalue weighted by atomic mass is 32.1. The smallest absolute Gasteiger partial charge is 0.203 e. The van der Waals surface area contributed by atoms with E-state index in [-0.39, 0.29) is 5.78 Å². The van der Waals surface area contributed by atoms with E-state index in [0.717, 1.165) is 10.4 Å². The van der Waals surface area contributed by atoms with Crippen molar-refractivity contribution >= 4 is 28.5 Å². The summed E-state index contributed by atoms with van der Waals surface area (Å²) in [6.07, 6.45) is 0. The first-order valence-corrected chi connectivity index (χ1v) is 8.91. The number of hydrogen-bond donors (Lipinski definition) is 0. The van der Waals surface area contributed by atoms with E-state index < -0.39 is 0 Å². The number of methoxy groups -OCH3 is 3. The second kappa shape index (κ2) is 7.07. The van der Waals surface area contributed by atoms with Crippen molar-refractivity contribution in [3.05, 3.63) is 51.5 Å². The molecular weight excluding hydrogens is 344 g/mol. The van der Waals surface area contributed by atoms with Crippen LogP contribution < -0.4 is 14.2 Å². The quantitative estimate of drug-likeness (QED) is 0.596. The number of hydrogen-bond acceptors (Lipinski definition) is 6. The summed E-state index contributed by atoms with van der Waals surface area (Å²) in [4.78, 5) is 14.6. The van der Waals surface area contributed by atoms with Crippen molar-refractivity contribution in [1.29, 1.82) is 0 Å². The molecular formula is C18H16O4S2. The largest absolute Gasteiger partial charge is 0.493 e. The topological polar surface area (TPSA) is 44.8 Å². The predicted molar refractivity (Wildman–Crippen MR) is 97.2 cm³/mol. The monoisotopic (exact) mass is 360 g/mol. The average Bonchev–Trinajstić information content (AvgIpc) is 3.30. The fourth-order valence-corrected chi connectivity index (χ4v) is 4.07. The lowest BCUT2D eigenvalue weighted by Gasteiger charge is -2.13. The first kappa shape index (κ1) is 16.5. The summed E-state index contributed by atoms with van der Waals surface area (Å²) < 4.78 is 15.9. The van der Waals surface area contributed by atoms with E-state index in [1.165, 1.54) is 32.7 Å². The van der Waals surface area contributed by atoms with E-state index in [9.17, 15) is 4.79 Å². The van der Waals surface area contributed by atoms with Gasteiger partial charge in [-0.1, -0.05) is 0 Å². The van der Waals surface area contributed by atoms with E-state index in [0.29, 0.717) is 27.7 Å². The molecule has 0 saturated carbocycles. The van der Waals surface area contributed by atoms with Gasteiger partial charge in [-0.3, -0.25) is 4.79 Å². The van der Waals surface area contributed by atoms with Crippen LogP contribution in [-0.2, 0) is 0 Å². The second-order valence-corrected chi connectivity index (χ2v) is 6.78. The van der Waals surface area contributed by atoms with Crippen molar-refractivity contribution in [2.45, 2.75) is 0 Å². The summed E-state index contributed by atoms with van der Waals surface area (Å²) in [6, 6.07) is 9.21. The van der Waals surface area contributed by atoms with Crippen molar-refractivity contribution in [3.8, 4) is 27.7 Å². The van der Waals surface area contributed by atoms with Gasteiger partial charge in [-0.15, -0.1) is 11.3 Å². The first-order chi connectivity index (χ1) is 11.7. The molecule has 0 atom stereocenters. The minimum atomic E-state index is -0.0688. The molecule has 0 N–H and O–H groups in total. The zero-order valence-corrected chi connectivity index (χ0v) is 15.1. The van der Waals surface area contributed by atoms with Gasteiger partial charge in [-0.05, 0) is 41.1 Å². The van der Waals surface area contributed by atoms with Crippen LogP contribution in [0, 0.1) is 0 Å². The molecule has 0 aliphatic rings. The molecule has 2 aromatic heterocycles. The lowest BCUT2D eigenvalue weighted by atomic mass is 10.1. The number of rotatable bonds is 6. The Kier molecular flexibility index (Phi) is 4.87. The summed E-state index contributed by atoms with van der Waals surface area (Å²) in [6.45, 7) is 0. The maximum Gasteiger partial charge on any atom is 0.203 e. The maximum atomic E-state index is 12.8. The summed E-state index contributed by atoms with van der Waals surface area (Å²) in [5.41, 5.74) is 1.64. The molecule has 0 radical (unpaired) electrons. The molecule has 2 heterocycles. The molecule has 3 aromatic rings. The molecule has 4 nitrogen and oxygen atoms in total. The van der Waals surface area contributed by atoms with Crippen molar-refractivity contribution in [1.82, 2.24) is 0 Å². The Morgan fingerprint density at radius 2 is 1.67 bits per heavy atom. The summed E-state index contributed by atoms with van der Waals surface area (Å²) >= 11 is 3.11. The Morgan fingerprint density at radius 1 is 0.958 bits per heavy atom. The first-order valence-electron chi connectivity index (χ1n) is 7.15. The van der Waals surface area contributed by atoms with Gasteiger partial charge in [0.05, 0.1) is 26.2 Å². The van der Waals surface area contributed by atoms with E-state index in [1.54, 1.807) is 23.5 Å². The zero-order valence-electron chi connectivity index (χ0n) is 13.5. The van der Waals surface area contributed by atoms with Gasteiger partial charge in [0, 0.05) is 16.0 Å². The van der Waals surface area contributed by atoms with E-state index in [1.807, 2.05) is 23.6 Å².